The van der Waals surface area contributed by atoms with Crippen LogP contribution in [-0.2, 0) is 11.3 Å². The fourth-order valence-electron chi connectivity index (χ4n) is 3.29. The number of halogens is 1. The summed E-state index contributed by atoms with van der Waals surface area (Å²) >= 11 is 0. The summed E-state index contributed by atoms with van der Waals surface area (Å²) in [5, 5.41) is 23.5. The van der Waals surface area contributed by atoms with Gasteiger partial charge >= 0.3 is 0 Å². The highest BCUT2D eigenvalue weighted by molar-refractivity contribution is 5.98. The molecular weight excluding hydrogens is 387 g/mol. The molecule has 9 nitrogen and oxygen atoms in total. The maximum atomic E-state index is 14.7. The molecule has 2 aliphatic rings. The Morgan fingerprint density at radius 1 is 1.30 bits per heavy atom. The van der Waals surface area contributed by atoms with Crippen LogP contribution in [0.5, 0.6) is 0 Å². The number of hydrogen-bond acceptors (Lipinski definition) is 9. The third-order valence-corrected chi connectivity index (χ3v) is 5.06. The molecule has 1 aromatic carbocycles. The third kappa shape index (κ3) is 3.69. The molecule has 1 atom stereocenters. The molecule has 152 valence electrons. The number of nitrogens with one attached hydrogen (secondary N) is 2. The van der Waals surface area contributed by atoms with Crippen molar-refractivity contribution in [3.63, 3.8) is 0 Å². The number of aromatic nitrogens is 1. The van der Waals surface area contributed by atoms with E-state index in [0.29, 0.717) is 29.2 Å². The van der Waals surface area contributed by atoms with Gasteiger partial charge in [-0.3, -0.25) is 5.32 Å². The Balaban J connectivity index is 1.71. The van der Waals surface area contributed by atoms with E-state index in [0.717, 1.165) is 12.8 Å². The number of pyridine rings is 1. The normalized spacial score (nSPS) is 17.2. The second-order valence-corrected chi connectivity index (χ2v) is 7.21. The van der Waals surface area contributed by atoms with Gasteiger partial charge in [0.05, 0.1) is 12.3 Å². The van der Waals surface area contributed by atoms with Gasteiger partial charge in [-0.1, -0.05) is 12.1 Å². The smallest absolute Gasteiger partial charge is 0.211 e. The number of rotatable bonds is 5. The Hall–Kier alpha value is -3.89. The second-order valence-electron chi connectivity index (χ2n) is 7.21. The molecule has 1 aromatic heterocycles. The van der Waals surface area contributed by atoms with Gasteiger partial charge in [0.15, 0.2) is 6.19 Å². The summed E-state index contributed by atoms with van der Waals surface area (Å²) in [6.07, 6.45) is 4.10. The number of guanidine groups is 1. The Morgan fingerprint density at radius 2 is 2.10 bits per heavy atom. The van der Waals surface area contributed by atoms with Crippen LogP contribution in [0.4, 0.5) is 21.7 Å². The number of fused-ring (bicyclic) bond motifs is 1. The lowest BCUT2D eigenvalue weighted by Gasteiger charge is -2.26. The van der Waals surface area contributed by atoms with Crippen LogP contribution in [0.1, 0.15) is 41.1 Å². The van der Waals surface area contributed by atoms with Gasteiger partial charge in [0.2, 0.25) is 5.96 Å². The average molecular weight is 406 g/mol. The SMILES string of the molecule is N#CNC1=NC(c2ccc(COCC3CC3)c(F)c2)c2c(nc(N)c(C#N)c2N)N1. The van der Waals surface area contributed by atoms with E-state index in [-0.39, 0.29) is 35.5 Å². The monoisotopic (exact) mass is 406 g/mol. The fourth-order valence-corrected chi connectivity index (χ4v) is 3.29. The number of hydrogen-bond donors (Lipinski definition) is 4. The molecule has 1 aliphatic carbocycles. The molecule has 1 unspecified atom stereocenters. The molecule has 0 bridgehead atoms. The van der Waals surface area contributed by atoms with Crippen molar-refractivity contribution in [3.05, 3.63) is 46.3 Å². The summed E-state index contributed by atoms with van der Waals surface area (Å²) in [7, 11) is 0. The van der Waals surface area contributed by atoms with E-state index >= 15 is 0 Å². The second kappa shape index (κ2) is 7.85. The lowest BCUT2D eigenvalue weighted by Crippen LogP contribution is -2.32. The van der Waals surface area contributed by atoms with E-state index in [1.807, 2.05) is 6.07 Å². The Morgan fingerprint density at radius 3 is 2.77 bits per heavy atom. The van der Waals surface area contributed by atoms with Gasteiger partial charge in [-0.2, -0.15) is 10.5 Å². The first-order valence-electron chi connectivity index (χ1n) is 9.36. The summed E-state index contributed by atoms with van der Waals surface area (Å²) in [5.41, 5.74) is 13.5. The van der Waals surface area contributed by atoms with Crippen LogP contribution in [0.15, 0.2) is 23.2 Å². The van der Waals surface area contributed by atoms with Crippen molar-refractivity contribution in [2.24, 2.45) is 10.9 Å². The first-order valence-corrected chi connectivity index (χ1v) is 9.36. The van der Waals surface area contributed by atoms with Crippen LogP contribution in [0.25, 0.3) is 0 Å². The molecule has 30 heavy (non-hydrogen) atoms. The molecule has 0 radical (unpaired) electrons. The van der Waals surface area contributed by atoms with Crippen LogP contribution >= 0.6 is 0 Å². The van der Waals surface area contributed by atoms with E-state index in [4.69, 9.17) is 21.5 Å². The Kier molecular flexibility index (Phi) is 5.09. The molecular formula is C20H19FN8O. The van der Waals surface area contributed by atoms with Gasteiger partial charge in [0, 0.05) is 17.7 Å². The number of anilines is 3. The van der Waals surface area contributed by atoms with E-state index in [1.165, 1.54) is 6.07 Å². The van der Waals surface area contributed by atoms with Crippen molar-refractivity contribution in [2.75, 3.05) is 23.4 Å². The predicted octanol–water partition coefficient (Wildman–Crippen LogP) is 2.12. The van der Waals surface area contributed by atoms with Gasteiger partial charge in [-0.15, -0.1) is 0 Å². The molecule has 0 spiro atoms. The van der Waals surface area contributed by atoms with Crippen molar-refractivity contribution in [1.29, 1.82) is 10.5 Å². The fraction of sp³-hybridized carbons (Fsp3) is 0.300. The van der Waals surface area contributed by atoms with Crippen LogP contribution in [0, 0.1) is 34.5 Å². The molecule has 0 saturated heterocycles. The number of benzene rings is 1. The molecule has 1 fully saturated rings. The number of nitriles is 2. The summed E-state index contributed by atoms with van der Waals surface area (Å²) in [4.78, 5) is 8.59. The molecule has 1 saturated carbocycles. The van der Waals surface area contributed by atoms with Crippen molar-refractivity contribution in [1.82, 2.24) is 10.3 Å². The molecule has 6 N–H and O–H groups in total. The summed E-state index contributed by atoms with van der Waals surface area (Å²) < 4.78 is 20.3. The standard InChI is InChI=1S/C20H19FN8O/c21-14-5-11(3-4-12(14)8-30-7-10-1-2-10)17-15-16(24)13(6-22)18(25)28-19(15)29-20(27-17)26-9-23/h3-5,10,17H,1-2,7-8H2,(H6,24,25,26,27,28,29). The van der Waals surface area contributed by atoms with E-state index < -0.39 is 11.9 Å². The average Bonchev–Trinajstić information content (AvgIpc) is 3.53. The van der Waals surface area contributed by atoms with E-state index in [2.05, 4.69) is 20.6 Å². The van der Waals surface area contributed by atoms with Gasteiger partial charge < -0.3 is 21.5 Å². The highest BCUT2D eigenvalue weighted by atomic mass is 19.1. The van der Waals surface area contributed by atoms with Gasteiger partial charge in [-0.05, 0) is 30.4 Å². The zero-order valence-corrected chi connectivity index (χ0v) is 15.9. The molecule has 1 aliphatic heterocycles. The minimum Gasteiger partial charge on any atom is -0.397 e. The molecule has 4 rings (SSSR count). The van der Waals surface area contributed by atoms with E-state index in [1.54, 1.807) is 18.3 Å². The van der Waals surface area contributed by atoms with Crippen LogP contribution in [0.2, 0.25) is 0 Å². The first-order chi connectivity index (χ1) is 14.5. The minimum absolute atomic E-state index is 0.0259. The third-order valence-electron chi connectivity index (χ3n) is 5.06. The van der Waals surface area contributed by atoms with Crippen molar-refractivity contribution in [3.8, 4) is 12.3 Å². The van der Waals surface area contributed by atoms with Crippen LogP contribution in [0.3, 0.4) is 0 Å². The largest absolute Gasteiger partial charge is 0.397 e. The lowest BCUT2D eigenvalue weighted by atomic mass is 9.94. The Bertz CT molecular complexity index is 1110. The van der Waals surface area contributed by atoms with Gasteiger partial charge in [-0.25, -0.2) is 14.4 Å². The maximum Gasteiger partial charge on any atom is 0.211 e. The van der Waals surface area contributed by atoms with Gasteiger partial charge in [0.25, 0.3) is 0 Å². The first kappa shape index (κ1) is 19.4. The number of nitrogens with zero attached hydrogens (tertiary/aromatic N) is 4. The van der Waals surface area contributed by atoms with Crippen molar-refractivity contribution >= 4 is 23.3 Å². The summed E-state index contributed by atoms with van der Waals surface area (Å²) in [6, 6.07) is 5.85. The minimum atomic E-state index is -0.784. The number of nitrogens with two attached hydrogens (primary N) is 2. The Labute approximate surface area is 172 Å². The zero-order valence-electron chi connectivity index (χ0n) is 15.9. The van der Waals surface area contributed by atoms with Gasteiger partial charge in [0.1, 0.15) is 35.1 Å². The summed E-state index contributed by atoms with van der Waals surface area (Å²) in [5.74, 6) is 0.474. The zero-order chi connectivity index (χ0) is 21.3. The highest BCUT2D eigenvalue weighted by Crippen LogP contribution is 2.40. The topological polar surface area (TPSA) is 158 Å². The molecule has 2 aromatic rings. The number of ether oxygens (including phenoxy) is 1. The molecule has 10 heteroatoms. The van der Waals surface area contributed by atoms with Crippen molar-refractivity contribution < 1.29 is 9.13 Å². The number of aliphatic imine (C=N–C) groups is 1. The highest BCUT2D eigenvalue weighted by Gasteiger charge is 2.30. The van der Waals surface area contributed by atoms with Crippen molar-refractivity contribution in [2.45, 2.75) is 25.5 Å². The molecule has 2 heterocycles. The lowest BCUT2D eigenvalue weighted by molar-refractivity contribution is 0.109. The summed E-state index contributed by atoms with van der Waals surface area (Å²) in [6.45, 7) is 0.825. The van der Waals surface area contributed by atoms with Crippen LogP contribution < -0.4 is 22.1 Å². The quantitative estimate of drug-likeness (QED) is 0.434. The number of nitrogen functional groups attached to an aromatic ring is 2. The molecule has 0 amide bonds. The predicted molar refractivity (Wildman–Crippen MR) is 108 cm³/mol. The van der Waals surface area contributed by atoms with Crippen LogP contribution in [-0.4, -0.2) is 17.6 Å². The maximum absolute atomic E-state index is 14.7. The van der Waals surface area contributed by atoms with E-state index in [9.17, 15) is 9.65 Å².